The number of aliphatic hydroxyl groups excluding tert-OH is 12. The summed E-state index contributed by atoms with van der Waals surface area (Å²) < 4.78 is 37.9. The maximum atomic E-state index is 14.3. The number of rotatable bonds is 48. The summed E-state index contributed by atoms with van der Waals surface area (Å²) >= 11 is 0. The minimum absolute atomic E-state index is 0.0443. The fourth-order valence-electron chi connectivity index (χ4n) is 10.8. The average molecular weight is 1370 g/mol. The number of aliphatic carboxylic acids is 1. The van der Waals surface area contributed by atoms with Crippen molar-refractivity contribution >= 4 is 41.5 Å². The molecule has 3 aliphatic rings. The zero-order chi connectivity index (χ0) is 69.7. The van der Waals surface area contributed by atoms with Crippen LogP contribution in [0.1, 0.15) is 128 Å². The van der Waals surface area contributed by atoms with Crippen molar-refractivity contribution in [2.45, 2.75) is 233 Å². The maximum Gasteiger partial charge on any atom is 0.306 e. The van der Waals surface area contributed by atoms with Crippen LogP contribution in [0.2, 0.25) is 0 Å². The van der Waals surface area contributed by atoms with Gasteiger partial charge < -0.3 is 126 Å². The smallest absolute Gasteiger partial charge is 0.306 e. The number of carbonyl (C=O) groups excluding carboxylic acids is 6. The summed E-state index contributed by atoms with van der Waals surface area (Å²) in [5.41, 5.74) is 0.960. The molecule has 0 spiro atoms. The Bertz CT molecular complexity index is 2310. The Hall–Kier alpha value is -5.25. The molecule has 3 fully saturated rings. The number of amides is 5. The van der Waals surface area contributed by atoms with Gasteiger partial charge >= 0.3 is 11.9 Å². The molecule has 33 heteroatoms. The number of carboxylic acid groups (broad SMARTS) is 1. The van der Waals surface area contributed by atoms with Gasteiger partial charge in [0, 0.05) is 45.4 Å². The van der Waals surface area contributed by atoms with Gasteiger partial charge in [-0.2, -0.15) is 0 Å². The zero-order valence-corrected chi connectivity index (χ0v) is 53.8. The third-order valence-corrected chi connectivity index (χ3v) is 16.4. The fraction of sp³-hybridized carbons (Fsp3) is 0.790. The Morgan fingerprint density at radius 3 is 1.28 bits per heavy atom. The molecule has 1 aromatic carbocycles. The highest BCUT2D eigenvalue weighted by Gasteiger charge is 2.46. The summed E-state index contributed by atoms with van der Waals surface area (Å²) in [6, 6.07) is 7.01. The third-order valence-electron chi connectivity index (χ3n) is 16.4. The number of hydrogen-bond donors (Lipinski definition) is 18. The second-order valence-electron chi connectivity index (χ2n) is 23.8. The van der Waals surface area contributed by atoms with Crippen LogP contribution in [0.3, 0.4) is 0 Å². The van der Waals surface area contributed by atoms with Crippen LogP contribution in [-0.4, -0.2) is 296 Å². The van der Waals surface area contributed by atoms with Crippen molar-refractivity contribution in [2.24, 2.45) is 0 Å². The van der Waals surface area contributed by atoms with Gasteiger partial charge in [-0.3, -0.25) is 38.5 Å². The van der Waals surface area contributed by atoms with Crippen LogP contribution in [0.15, 0.2) is 30.3 Å². The molecule has 0 bridgehead atoms. The van der Waals surface area contributed by atoms with E-state index in [9.17, 15) is 99.9 Å². The summed E-state index contributed by atoms with van der Waals surface area (Å²) in [6.07, 6.45) is -12.4. The van der Waals surface area contributed by atoms with Crippen molar-refractivity contribution in [3.8, 4) is 0 Å². The maximum absolute atomic E-state index is 14.3. The SMILES string of the molecule is O=C(O)CC[C@H](NC(=O)CCCCCCCCCCCCCCC(=O)OCc1ccccc1)C(=O)NCCCC[C@@H](C(=O)NCCO[C@H]1O[C@H](CO)[C@@H](O)[C@H](O)[C@@H]1O)N(CC(=O)NCCO[C@H]1O[C@H](CO)[C@@H](O)[C@H](O)[C@@H]1O)CC(=O)NCCO[C@H]1O[C@H](CO)[C@@H](O)[C@H](O)[C@@H]1O. The van der Waals surface area contributed by atoms with Gasteiger partial charge in [0.15, 0.2) is 18.9 Å². The van der Waals surface area contributed by atoms with E-state index in [1.54, 1.807) is 0 Å². The normalized spacial score (nSPS) is 26.6. The van der Waals surface area contributed by atoms with E-state index in [0.717, 1.165) is 76.2 Å². The van der Waals surface area contributed by atoms with Crippen LogP contribution in [0.4, 0.5) is 0 Å². The highest BCUT2D eigenvalue weighted by atomic mass is 16.7. The summed E-state index contributed by atoms with van der Waals surface area (Å²) in [4.78, 5) is 93.1. The summed E-state index contributed by atoms with van der Waals surface area (Å²) in [5, 5.41) is 144. The van der Waals surface area contributed by atoms with Gasteiger partial charge in [-0.1, -0.05) is 94.5 Å². The molecule has 0 aliphatic carbocycles. The number of unbranched alkanes of at least 4 members (excludes halogenated alkanes) is 12. The van der Waals surface area contributed by atoms with Gasteiger partial charge in [0.1, 0.15) is 85.9 Å². The minimum atomic E-state index is -1.77. The number of esters is 1. The standard InChI is InChI=1S/C62H104N6O27/c69-34-41-49(78)52(81)55(84)60(93-41)89-29-26-63-45(73)32-68(33-46(74)64-27-30-90-61-56(85)53(82)50(79)42(35-70)94-61)40(59(88)66-28-31-91-62-57(86)54(83)51(80)43(36-71)95-62)20-16-17-25-65-58(87)39(23-24-47(75)76)67-44(72)21-14-9-7-5-3-1-2-4-6-8-10-15-22-48(77)92-37-38-18-12-11-13-19-38/h11-13,18-19,39-43,49-57,60-62,69-71,78-86H,1-10,14-17,20-37H2,(H,63,73)(H,64,74)(H,65,87)(H,66,88)(H,67,72)(H,75,76)/t39-,40-,41+,42+,43+,49+,50+,51+,52-,53-,54-,55-,56-,57-,60-,61-,62-/m0/s1. The molecular weight excluding hydrogens is 1260 g/mol. The van der Waals surface area contributed by atoms with Gasteiger partial charge in [-0.05, 0) is 44.1 Å². The quantitative estimate of drug-likeness (QED) is 0.0215. The monoisotopic (exact) mass is 1360 g/mol. The first-order valence-electron chi connectivity index (χ1n) is 32.9. The molecule has 3 aliphatic heterocycles. The van der Waals surface area contributed by atoms with E-state index in [4.69, 9.17) is 33.2 Å². The van der Waals surface area contributed by atoms with Crippen LogP contribution >= 0.6 is 0 Å². The molecule has 0 unspecified atom stereocenters. The largest absolute Gasteiger partial charge is 0.481 e. The van der Waals surface area contributed by atoms with Crippen LogP contribution in [0, 0.1) is 0 Å². The Balaban J connectivity index is 1.32. The minimum Gasteiger partial charge on any atom is -0.481 e. The Morgan fingerprint density at radius 2 is 0.853 bits per heavy atom. The first-order chi connectivity index (χ1) is 45.6. The number of nitrogens with zero attached hydrogens (tertiary/aromatic N) is 1. The summed E-state index contributed by atoms with van der Waals surface area (Å²) in [6.45, 7) is -5.30. The number of nitrogens with one attached hydrogen (secondary N) is 5. The molecule has 3 heterocycles. The lowest BCUT2D eigenvalue weighted by Gasteiger charge is -2.39. The van der Waals surface area contributed by atoms with Crippen LogP contribution in [-0.2, 0) is 73.3 Å². The first kappa shape index (κ1) is 82.2. The molecular formula is C62H104N6O27. The number of aliphatic hydroxyl groups is 12. The first-order valence-corrected chi connectivity index (χ1v) is 32.9. The van der Waals surface area contributed by atoms with Crippen molar-refractivity contribution in [1.29, 1.82) is 0 Å². The van der Waals surface area contributed by atoms with E-state index in [1.165, 1.54) is 4.90 Å². The highest BCUT2D eigenvalue weighted by Crippen LogP contribution is 2.25. The average Bonchev–Trinajstić information content (AvgIpc) is 1.10. The summed E-state index contributed by atoms with van der Waals surface area (Å²) in [5.74, 6) is -4.82. The molecule has 17 atom stereocenters. The van der Waals surface area contributed by atoms with Crippen molar-refractivity contribution in [2.75, 3.05) is 78.9 Å². The topological polar surface area (TPSA) is 510 Å². The van der Waals surface area contributed by atoms with Gasteiger partial charge in [-0.15, -0.1) is 0 Å². The molecule has 5 amide bonds. The molecule has 1 aromatic rings. The molecule has 0 radical (unpaired) electrons. The predicted molar refractivity (Wildman–Crippen MR) is 330 cm³/mol. The lowest BCUT2D eigenvalue weighted by Crippen LogP contribution is -2.59. The number of hydrogen-bond acceptors (Lipinski definition) is 27. The van der Waals surface area contributed by atoms with Gasteiger partial charge in [0.25, 0.3) is 0 Å². The number of ether oxygens (including phenoxy) is 7. The summed E-state index contributed by atoms with van der Waals surface area (Å²) in [7, 11) is 0. The van der Waals surface area contributed by atoms with E-state index in [2.05, 4.69) is 26.6 Å². The molecule has 4 rings (SSSR count). The van der Waals surface area contributed by atoms with E-state index < -0.39 is 179 Å². The van der Waals surface area contributed by atoms with Crippen LogP contribution < -0.4 is 26.6 Å². The van der Waals surface area contributed by atoms with E-state index >= 15 is 0 Å². The highest BCUT2D eigenvalue weighted by molar-refractivity contribution is 5.88. The Labute approximate surface area is 552 Å². The molecule has 0 saturated carbocycles. The number of benzene rings is 1. The molecule has 544 valence electrons. The molecule has 95 heavy (non-hydrogen) atoms. The molecule has 0 aromatic heterocycles. The lowest BCUT2D eigenvalue weighted by atomic mass is 9.99. The zero-order valence-electron chi connectivity index (χ0n) is 53.8. The number of carbonyl (C=O) groups is 7. The van der Waals surface area contributed by atoms with Crippen molar-refractivity contribution in [3.63, 3.8) is 0 Å². The van der Waals surface area contributed by atoms with Crippen molar-refractivity contribution in [3.05, 3.63) is 35.9 Å². The van der Waals surface area contributed by atoms with Crippen molar-refractivity contribution < 1.29 is 133 Å². The second-order valence-corrected chi connectivity index (χ2v) is 23.8. The van der Waals surface area contributed by atoms with E-state index in [1.807, 2.05) is 30.3 Å². The van der Waals surface area contributed by atoms with Gasteiger partial charge in [-0.25, -0.2) is 0 Å². The van der Waals surface area contributed by atoms with E-state index in [-0.39, 0.29) is 90.7 Å². The lowest BCUT2D eigenvalue weighted by molar-refractivity contribution is -0.300. The van der Waals surface area contributed by atoms with E-state index in [0.29, 0.717) is 12.8 Å². The fourth-order valence-corrected chi connectivity index (χ4v) is 10.8. The van der Waals surface area contributed by atoms with Crippen LogP contribution in [0.5, 0.6) is 0 Å². The van der Waals surface area contributed by atoms with Gasteiger partial charge in [0.2, 0.25) is 29.5 Å². The predicted octanol–water partition coefficient (Wildman–Crippen LogP) is -4.70. The molecule has 33 nitrogen and oxygen atoms in total. The van der Waals surface area contributed by atoms with Crippen LogP contribution in [0.25, 0.3) is 0 Å². The number of carboxylic acids is 1. The molecule has 18 N–H and O–H groups in total. The van der Waals surface area contributed by atoms with Gasteiger partial charge in [0.05, 0.1) is 58.8 Å². The Morgan fingerprint density at radius 1 is 0.442 bits per heavy atom. The second kappa shape index (κ2) is 46.1. The molecule has 3 saturated heterocycles. The Kier molecular flexibility index (Phi) is 39.9. The van der Waals surface area contributed by atoms with Crippen molar-refractivity contribution in [1.82, 2.24) is 31.5 Å². The third kappa shape index (κ3) is 30.2.